The zero-order valence-electron chi connectivity index (χ0n) is 12.3. The van der Waals surface area contributed by atoms with Gasteiger partial charge < -0.3 is 14.6 Å². The lowest BCUT2D eigenvalue weighted by Gasteiger charge is -2.10. The zero-order valence-corrected chi connectivity index (χ0v) is 13.8. The van der Waals surface area contributed by atoms with Crippen molar-refractivity contribution in [3.63, 3.8) is 0 Å². The van der Waals surface area contributed by atoms with Gasteiger partial charge in [-0.3, -0.25) is 4.79 Å². The van der Waals surface area contributed by atoms with Gasteiger partial charge in [0, 0.05) is 17.5 Å². The fraction of sp³-hybridized carbons (Fsp3) is 0.235. The predicted octanol–water partition coefficient (Wildman–Crippen LogP) is 4.47. The van der Waals surface area contributed by atoms with Gasteiger partial charge in [0.25, 0.3) is 0 Å². The van der Waals surface area contributed by atoms with E-state index in [-0.39, 0.29) is 6.42 Å². The highest BCUT2D eigenvalue weighted by Gasteiger charge is 2.03. The fourth-order valence-corrected chi connectivity index (χ4v) is 2.24. The molecule has 0 radical (unpaired) electrons. The van der Waals surface area contributed by atoms with Gasteiger partial charge in [0.15, 0.2) is 0 Å². The fourth-order valence-electron chi connectivity index (χ4n) is 1.90. The molecule has 6 heteroatoms. The molecule has 4 nitrogen and oxygen atoms in total. The van der Waals surface area contributed by atoms with Crippen LogP contribution in [0.15, 0.2) is 42.5 Å². The molecule has 0 aromatic heterocycles. The lowest BCUT2D eigenvalue weighted by atomic mass is 10.1. The number of aryl methyl sites for hydroxylation is 1. The number of ether oxygens (including phenoxy) is 2. The Bertz CT molecular complexity index is 656. The first-order valence-electron chi connectivity index (χ1n) is 7.06. The van der Waals surface area contributed by atoms with E-state index in [1.807, 2.05) is 24.3 Å². The van der Waals surface area contributed by atoms with E-state index in [0.29, 0.717) is 41.2 Å². The van der Waals surface area contributed by atoms with Gasteiger partial charge in [0.2, 0.25) is 0 Å². The van der Waals surface area contributed by atoms with Crippen molar-refractivity contribution in [3.05, 3.63) is 58.1 Å². The van der Waals surface area contributed by atoms with Gasteiger partial charge in [-0.1, -0.05) is 35.3 Å². The van der Waals surface area contributed by atoms with Crippen LogP contribution in [0.2, 0.25) is 10.0 Å². The number of hydrogen-bond donors (Lipinski definition) is 1. The first-order valence-corrected chi connectivity index (χ1v) is 7.81. The van der Waals surface area contributed by atoms with Crippen LogP contribution in [0.3, 0.4) is 0 Å². The molecule has 0 bridgehead atoms. The third kappa shape index (κ3) is 6.00. The van der Waals surface area contributed by atoms with Crippen molar-refractivity contribution in [2.75, 3.05) is 13.2 Å². The van der Waals surface area contributed by atoms with Crippen LogP contribution in [0.1, 0.15) is 12.0 Å². The topological polar surface area (TPSA) is 55.8 Å². The molecule has 2 aromatic carbocycles. The number of hydrogen-bond acceptors (Lipinski definition) is 3. The number of rotatable bonds is 8. The molecule has 23 heavy (non-hydrogen) atoms. The molecule has 0 atom stereocenters. The molecule has 122 valence electrons. The number of halogens is 2. The summed E-state index contributed by atoms with van der Waals surface area (Å²) in [5, 5.41) is 9.70. The highest BCUT2D eigenvalue weighted by Crippen LogP contribution is 2.27. The summed E-state index contributed by atoms with van der Waals surface area (Å²) in [5.41, 5.74) is 0.960. The summed E-state index contributed by atoms with van der Waals surface area (Å²) in [7, 11) is 0. The van der Waals surface area contributed by atoms with Crippen LogP contribution < -0.4 is 9.47 Å². The van der Waals surface area contributed by atoms with Crippen molar-refractivity contribution in [3.8, 4) is 11.5 Å². The molecule has 0 spiro atoms. The first kappa shape index (κ1) is 17.4. The Hall–Kier alpha value is -1.91. The van der Waals surface area contributed by atoms with Crippen molar-refractivity contribution < 1.29 is 19.4 Å². The maximum Gasteiger partial charge on any atom is 0.303 e. The minimum Gasteiger partial charge on any atom is -0.490 e. The van der Waals surface area contributed by atoms with Crippen LogP contribution in [0, 0.1) is 0 Å². The maximum absolute atomic E-state index is 10.5. The van der Waals surface area contributed by atoms with Gasteiger partial charge in [-0.05, 0) is 36.2 Å². The highest BCUT2D eigenvalue weighted by molar-refractivity contribution is 6.34. The minimum absolute atomic E-state index is 0.119. The Labute approximate surface area is 144 Å². The van der Waals surface area contributed by atoms with Gasteiger partial charge >= 0.3 is 5.97 Å². The summed E-state index contributed by atoms with van der Waals surface area (Å²) in [4.78, 5) is 10.5. The Balaban J connectivity index is 1.75. The van der Waals surface area contributed by atoms with Crippen molar-refractivity contribution in [1.82, 2.24) is 0 Å². The molecule has 0 saturated heterocycles. The smallest absolute Gasteiger partial charge is 0.303 e. The summed E-state index contributed by atoms with van der Waals surface area (Å²) >= 11 is 11.9. The molecule has 0 unspecified atom stereocenters. The van der Waals surface area contributed by atoms with Gasteiger partial charge in [-0.15, -0.1) is 0 Å². The van der Waals surface area contributed by atoms with E-state index < -0.39 is 5.97 Å². The van der Waals surface area contributed by atoms with E-state index in [1.54, 1.807) is 18.2 Å². The molecule has 0 aliphatic carbocycles. The average molecular weight is 355 g/mol. The van der Waals surface area contributed by atoms with Gasteiger partial charge in [0.1, 0.15) is 24.7 Å². The van der Waals surface area contributed by atoms with Gasteiger partial charge in [0.05, 0.1) is 5.02 Å². The summed E-state index contributed by atoms with van der Waals surface area (Å²) in [5.74, 6) is 0.416. The normalized spacial score (nSPS) is 10.3. The maximum atomic E-state index is 10.5. The summed E-state index contributed by atoms with van der Waals surface area (Å²) < 4.78 is 11.1. The number of carboxylic acids is 1. The molecule has 0 saturated carbocycles. The number of aliphatic carboxylic acids is 1. The van der Waals surface area contributed by atoms with Crippen LogP contribution in [-0.2, 0) is 11.2 Å². The predicted molar refractivity (Wildman–Crippen MR) is 89.9 cm³/mol. The Morgan fingerprint density at radius 3 is 2.39 bits per heavy atom. The molecule has 0 aliphatic rings. The highest BCUT2D eigenvalue weighted by atomic mass is 35.5. The number of benzene rings is 2. The van der Waals surface area contributed by atoms with Crippen molar-refractivity contribution >= 4 is 29.2 Å². The number of carboxylic acid groups (broad SMARTS) is 1. The standard InChI is InChI=1S/C17H16Cl2O4/c18-13-4-7-15(19)16(11-13)23-10-9-22-14-5-1-12(2-6-14)3-8-17(20)21/h1-2,4-7,11H,3,8-10H2,(H,20,21). The third-order valence-corrected chi connectivity index (χ3v) is 3.60. The Morgan fingerprint density at radius 1 is 1.00 bits per heavy atom. The molecule has 0 amide bonds. The second kappa shape index (κ2) is 8.65. The molecule has 1 N–H and O–H groups in total. The molecular weight excluding hydrogens is 339 g/mol. The molecule has 0 fully saturated rings. The molecular formula is C17H16Cl2O4. The largest absolute Gasteiger partial charge is 0.490 e. The Kier molecular flexibility index (Phi) is 6.56. The van der Waals surface area contributed by atoms with E-state index >= 15 is 0 Å². The third-order valence-electron chi connectivity index (χ3n) is 3.05. The summed E-state index contributed by atoms with van der Waals surface area (Å²) in [6.45, 7) is 0.693. The van der Waals surface area contributed by atoms with Gasteiger partial charge in [-0.2, -0.15) is 0 Å². The van der Waals surface area contributed by atoms with Crippen molar-refractivity contribution in [2.45, 2.75) is 12.8 Å². The lowest BCUT2D eigenvalue weighted by Crippen LogP contribution is -2.09. The van der Waals surface area contributed by atoms with E-state index in [2.05, 4.69) is 0 Å². The van der Waals surface area contributed by atoms with E-state index in [9.17, 15) is 4.79 Å². The molecule has 2 aromatic rings. The zero-order chi connectivity index (χ0) is 16.7. The van der Waals surface area contributed by atoms with Crippen LogP contribution in [0.25, 0.3) is 0 Å². The second-order valence-electron chi connectivity index (χ2n) is 4.81. The van der Waals surface area contributed by atoms with E-state index in [0.717, 1.165) is 5.56 Å². The van der Waals surface area contributed by atoms with Crippen LogP contribution >= 0.6 is 23.2 Å². The monoisotopic (exact) mass is 354 g/mol. The second-order valence-corrected chi connectivity index (χ2v) is 5.65. The quantitative estimate of drug-likeness (QED) is 0.710. The first-order chi connectivity index (χ1) is 11.0. The molecule has 0 aliphatic heterocycles. The average Bonchev–Trinajstić information content (AvgIpc) is 2.53. The molecule has 2 rings (SSSR count). The van der Waals surface area contributed by atoms with Crippen LogP contribution in [-0.4, -0.2) is 24.3 Å². The van der Waals surface area contributed by atoms with Crippen molar-refractivity contribution in [1.29, 1.82) is 0 Å². The number of carbonyl (C=O) groups is 1. The van der Waals surface area contributed by atoms with Crippen LogP contribution in [0.5, 0.6) is 11.5 Å². The summed E-state index contributed by atoms with van der Waals surface area (Å²) in [6.07, 6.45) is 0.625. The SMILES string of the molecule is O=C(O)CCc1ccc(OCCOc2cc(Cl)ccc2Cl)cc1. The minimum atomic E-state index is -0.804. The summed E-state index contributed by atoms with van der Waals surface area (Å²) in [6, 6.07) is 12.4. The van der Waals surface area contributed by atoms with Crippen molar-refractivity contribution in [2.24, 2.45) is 0 Å². The van der Waals surface area contributed by atoms with E-state index in [1.165, 1.54) is 0 Å². The van der Waals surface area contributed by atoms with E-state index in [4.69, 9.17) is 37.8 Å². The van der Waals surface area contributed by atoms with Gasteiger partial charge in [-0.25, -0.2) is 0 Å². The molecule has 0 heterocycles. The Morgan fingerprint density at radius 2 is 1.70 bits per heavy atom. The van der Waals surface area contributed by atoms with Crippen LogP contribution in [0.4, 0.5) is 0 Å². The lowest BCUT2D eigenvalue weighted by molar-refractivity contribution is -0.136.